The molecule has 2 heterocycles. The molecule has 7 nitrogen and oxygen atoms in total. The molecule has 4 rings (SSSR count). The van der Waals surface area contributed by atoms with Gasteiger partial charge >= 0.3 is 0 Å². The lowest BCUT2D eigenvalue weighted by atomic mass is 10.1. The Morgan fingerprint density at radius 2 is 1.97 bits per heavy atom. The maximum atomic E-state index is 13.2. The van der Waals surface area contributed by atoms with E-state index in [1.165, 1.54) is 0 Å². The fourth-order valence-corrected chi connectivity index (χ4v) is 3.37. The molecular weight excluding hydrogens is 384 g/mol. The molecule has 30 heavy (non-hydrogen) atoms. The maximum Gasteiger partial charge on any atom is 0.254 e. The minimum absolute atomic E-state index is 0.0899. The van der Waals surface area contributed by atoms with E-state index >= 15 is 0 Å². The number of ether oxygens (including phenoxy) is 3. The minimum Gasteiger partial charge on any atom is -0.497 e. The largest absolute Gasteiger partial charge is 0.497 e. The Morgan fingerprint density at radius 3 is 2.77 bits per heavy atom. The number of hydrogen-bond acceptors (Lipinski definition) is 6. The zero-order valence-corrected chi connectivity index (χ0v) is 17.3. The van der Waals surface area contributed by atoms with E-state index in [0.29, 0.717) is 47.5 Å². The van der Waals surface area contributed by atoms with Crippen LogP contribution in [0, 0.1) is 5.92 Å². The summed E-state index contributed by atoms with van der Waals surface area (Å²) in [7, 11) is 1.62. The fraction of sp³-hybridized carbons (Fsp3) is 0.304. The molecule has 0 N–H and O–H groups in total. The van der Waals surface area contributed by atoms with Crippen LogP contribution in [0.5, 0.6) is 17.2 Å². The number of nitrogens with zero attached hydrogens (tertiary/aromatic N) is 2. The molecule has 0 fully saturated rings. The van der Waals surface area contributed by atoms with Crippen LogP contribution in [-0.2, 0) is 6.54 Å². The second-order valence-electron chi connectivity index (χ2n) is 7.56. The second kappa shape index (κ2) is 8.49. The molecule has 1 aliphatic rings. The van der Waals surface area contributed by atoms with Gasteiger partial charge in [0, 0.05) is 23.7 Å². The van der Waals surface area contributed by atoms with Crippen molar-refractivity contribution in [1.82, 2.24) is 10.1 Å². The average molecular weight is 408 g/mol. The van der Waals surface area contributed by atoms with E-state index in [1.807, 2.05) is 30.3 Å². The lowest BCUT2D eigenvalue weighted by molar-refractivity contribution is 0.0718. The Morgan fingerprint density at radius 1 is 1.13 bits per heavy atom. The number of carbonyl (C=O) groups excluding carboxylic acids is 1. The molecule has 2 aromatic carbocycles. The maximum absolute atomic E-state index is 13.2. The van der Waals surface area contributed by atoms with Crippen LogP contribution < -0.4 is 14.2 Å². The highest BCUT2D eigenvalue weighted by atomic mass is 16.7. The molecule has 7 heteroatoms. The first-order chi connectivity index (χ1) is 14.5. The molecule has 1 amide bonds. The van der Waals surface area contributed by atoms with Crippen LogP contribution in [0.25, 0.3) is 11.3 Å². The predicted molar refractivity (Wildman–Crippen MR) is 111 cm³/mol. The van der Waals surface area contributed by atoms with Gasteiger partial charge in [0.05, 0.1) is 13.7 Å². The number of rotatable bonds is 7. The summed E-state index contributed by atoms with van der Waals surface area (Å²) in [6.07, 6.45) is 0. The SMILES string of the molecule is COc1cccc(-c2cc(CN(CC(C)C)C(=O)c3ccc4c(c3)OCO4)no2)c1. The molecule has 1 aromatic heterocycles. The van der Waals surface area contributed by atoms with E-state index in [0.717, 1.165) is 11.3 Å². The Bertz CT molecular complexity index is 1040. The average Bonchev–Trinajstić information content (AvgIpc) is 3.41. The summed E-state index contributed by atoms with van der Waals surface area (Å²) in [5.74, 6) is 2.82. The zero-order valence-electron chi connectivity index (χ0n) is 17.3. The Labute approximate surface area is 175 Å². The van der Waals surface area contributed by atoms with E-state index < -0.39 is 0 Å². The van der Waals surface area contributed by atoms with Crippen molar-refractivity contribution in [2.45, 2.75) is 20.4 Å². The normalized spacial score (nSPS) is 12.3. The molecule has 1 aliphatic heterocycles. The van der Waals surface area contributed by atoms with E-state index in [-0.39, 0.29) is 12.7 Å². The van der Waals surface area contributed by atoms with Gasteiger partial charge in [-0.3, -0.25) is 4.79 Å². The van der Waals surface area contributed by atoms with Gasteiger partial charge in [-0.25, -0.2) is 0 Å². The Balaban J connectivity index is 1.55. The molecule has 156 valence electrons. The zero-order chi connectivity index (χ0) is 21.1. The third-order valence-electron chi connectivity index (χ3n) is 4.76. The van der Waals surface area contributed by atoms with Crippen molar-refractivity contribution < 1.29 is 23.5 Å². The van der Waals surface area contributed by atoms with Gasteiger partial charge in [-0.2, -0.15) is 0 Å². The third-order valence-corrected chi connectivity index (χ3v) is 4.76. The lowest BCUT2D eigenvalue weighted by Crippen LogP contribution is -2.33. The topological polar surface area (TPSA) is 74.0 Å². The van der Waals surface area contributed by atoms with Gasteiger partial charge < -0.3 is 23.6 Å². The Kier molecular flexibility index (Phi) is 5.61. The van der Waals surface area contributed by atoms with Crippen molar-refractivity contribution in [3.63, 3.8) is 0 Å². The van der Waals surface area contributed by atoms with Gasteiger partial charge in [-0.1, -0.05) is 31.1 Å². The van der Waals surface area contributed by atoms with Gasteiger partial charge in [0.15, 0.2) is 17.3 Å². The highest BCUT2D eigenvalue weighted by Gasteiger charge is 2.22. The number of amides is 1. The van der Waals surface area contributed by atoms with Gasteiger partial charge in [-0.15, -0.1) is 0 Å². The van der Waals surface area contributed by atoms with Gasteiger partial charge in [0.25, 0.3) is 5.91 Å². The molecule has 0 bridgehead atoms. The minimum atomic E-state index is -0.0899. The fourth-order valence-electron chi connectivity index (χ4n) is 3.37. The number of benzene rings is 2. The summed E-state index contributed by atoms with van der Waals surface area (Å²) >= 11 is 0. The molecule has 3 aromatic rings. The van der Waals surface area contributed by atoms with Crippen molar-refractivity contribution in [2.75, 3.05) is 20.4 Å². The third kappa shape index (κ3) is 4.25. The lowest BCUT2D eigenvalue weighted by Gasteiger charge is -2.23. The van der Waals surface area contributed by atoms with Crippen LogP contribution in [0.2, 0.25) is 0 Å². The first-order valence-corrected chi connectivity index (χ1v) is 9.82. The molecule has 0 saturated carbocycles. The van der Waals surface area contributed by atoms with E-state index in [9.17, 15) is 4.79 Å². The number of aromatic nitrogens is 1. The van der Waals surface area contributed by atoms with Crippen molar-refractivity contribution in [3.8, 4) is 28.6 Å². The monoisotopic (exact) mass is 408 g/mol. The summed E-state index contributed by atoms with van der Waals surface area (Å²) in [4.78, 5) is 15.0. The first-order valence-electron chi connectivity index (χ1n) is 9.82. The molecule has 0 atom stereocenters. The number of carbonyl (C=O) groups is 1. The molecule has 0 aliphatic carbocycles. The van der Waals surface area contributed by atoms with Crippen molar-refractivity contribution in [2.24, 2.45) is 5.92 Å². The molecule has 0 spiro atoms. The molecule has 0 unspecified atom stereocenters. The predicted octanol–water partition coefficient (Wildman–Crippen LogP) is 4.38. The second-order valence-corrected chi connectivity index (χ2v) is 7.56. The number of fused-ring (bicyclic) bond motifs is 1. The first kappa shape index (κ1) is 19.8. The standard InChI is InChI=1S/C23H24N2O5/c1-15(2)12-25(23(26)17-7-8-20-22(10-17)29-14-28-20)13-18-11-21(30-24-18)16-5-4-6-19(9-16)27-3/h4-11,15H,12-14H2,1-3H3. The van der Waals surface area contributed by atoms with Crippen LogP contribution >= 0.6 is 0 Å². The molecule has 0 radical (unpaired) electrons. The van der Waals surface area contributed by atoms with Gasteiger partial charge in [0.1, 0.15) is 11.4 Å². The highest BCUT2D eigenvalue weighted by molar-refractivity contribution is 5.95. The van der Waals surface area contributed by atoms with Crippen molar-refractivity contribution in [1.29, 1.82) is 0 Å². The smallest absolute Gasteiger partial charge is 0.254 e. The highest BCUT2D eigenvalue weighted by Crippen LogP contribution is 2.33. The van der Waals surface area contributed by atoms with Crippen LogP contribution in [0.4, 0.5) is 0 Å². The summed E-state index contributed by atoms with van der Waals surface area (Å²) in [6.45, 7) is 5.26. The van der Waals surface area contributed by atoms with Crippen molar-refractivity contribution >= 4 is 5.91 Å². The van der Waals surface area contributed by atoms with Crippen LogP contribution in [-0.4, -0.2) is 36.4 Å². The van der Waals surface area contributed by atoms with Crippen molar-refractivity contribution in [3.05, 3.63) is 59.8 Å². The van der Waals surface area contributed by atoms with E-state index in [2.05, 4.69) is 19.0 Å². The van der Waals surface area contributed by atoms with Crippen LogP contribution in [0.3, 0.4) is 0 Å². The van der Waals surface area contributed by atoms with Crippen LogP contribution in [0.1, 0.15) is 29.9 Å². The number of hydrogen-bond donors (Lipinski definition) is 0. The van der Waals surface area contributed by atoms with E-state index in [1.54, 1.807) is 30.2 Å². The van der Waals surface area contributed by atoms with Gasteiger partial charge in [-0.05, 0) is 36.2 Å². The quantitative estimate of drug-likeness (QED) is 0.578. The summed E-state index contributed by atoms with van der Waals surface area (Å²) in [5, 5.41) is 4.17. The molecular formula is C23H24N2O5. The molecule has 0 saturated heterocycles. The van der Waals surface area contributed by atoms with Gasteiger partial charge in [0.2, 0.25) is 6.79 Å². The van der Waals surface area contributed by atoms with E-state index in [4.69, 9.17) is 18.7 Å². The summed E-state index contributed by atoms with van der Waals surface area (Å²) in [6, 6.07) is 14.7. The summed E-state index contributed by atoms with van der Waals surface area (Å²) in [5.41, 5.74) is 2.10. The number of methoxy groups -OCH3 is 1. The van der Waals surface area contributed by atoms with Crippen LogP contribution in [0.15, 0.2) is 53.1 Å². The Hall–Kier alpha value is -3.48. The summed E-state index contributed by atoms with van der Waals surface area (Å²) < 4.78 is 21.5.